The molecule has 0 rings (SSSR count). The highest BCUT2D eigenvalue weighted by Gasteiger charge is 2.09. The second-order valence-corrected chi connectivity index (χ2v) is 2.03. The van der Waals surface area contributed by atoms with E-state index in [0.717, 1.165) is 0 Å². The average Bonchev–Trinajstić information content (AvgIpc) is 2.00. The van der Waals surface area contributed by atoms with Crippen molar-refractivity contribution >= 4 is 11.8 Å². The first-order chi connectivity index (χ1) is 5.00. The zero-order valence-electron chi connectivity index (χ0n) is 6.34. The number of rotatable bonds is 2. The van der Waals surface area contributed by atoms with E-state index in [1.165, 1.54) is 13.8 Å². The summed E-state index contributed by atoms with van der Waals surface area (Å²) in [5.74, 6) is 0.142. The van der Waals surface area contributed by atoms with Crippen LogP contribution in [0.2, 0.25) is 0 Å². The Kier molecular flexibility index (Phi) is 3.06. The van der Waals surface area contributed by atoms with E-state index < -0.39 is 11.8 Å². The third-order valence-corrected chi connectivity index (χ3v) is 1.35. The minimum absolute atomic E-state index is 0.00653. The molecular formula is C8H8O3. The van der Waals surface area contributed by atoms with Gasteiger partial charge in [0.1, 0.15) is 0 Å². The zero-order chi connectivity index (χ0) is 9.02. The molecule has 0 saturated heterocycles. The number of aliphatic carboxylic acids is 1. The van der Waals surface area contributed by atoms with E-state index in [1.807, 2.05) is 5.92 Å². The van der Waals surface area contributed by atoms with Crippen molar-refractivity contribution in [2.45, 2.75) is 13.8 Å². The van der Waals surface area contributed by atoms with E-state index in [4.69, 9.17) is 11.5 Å². The van der Waals surface area contributed by atoms with E-state index >= 15 is 0 Å². The number of carbonyl (C=O) groups excluding carboxylic acids is 1. The first-order valence-corrected chi connectivity index (χ1v) is 2.92. The molecule has 0 spiro atoms. The number of ketones is 1. The van der Waals surface area contributed by atoms with Crippen LogP contribution >= 0.6 is 0 Å². The second kappa shape index (κ2) is 3.57. The lowest BCUT2D eigenvalue weighted by molar-refractivity contribution is -0.132. The summed E-state index contributed by atoms with van der Waals surface area (Å²) in [6.07, 6.45) is 4.78. The van der Waals surface area contributed by atoms with Gasteiger partial charge in [-0.25, -0.2) is 4.79 Å². The topological polar surface area (TPSA) is 54.4 Å². The molecule has 0 aliphatic rings. The van der Waals surface area contributed by atoms with Crippen molar-refractivity contribution in [2.24, 2.45) is 0 Å². The second-order valence-electron chi connectivity index (χ2n) is 2.03. The zero-order valence-corrected chi connectivity index (χ0v) is 6.34. The Labute approximate surface area is 64.7 Å². The van der Waals surface area contributed by atoms with Gasteiger partial charge in [-0.15, -0.1) is 6.42 Å². The van der Waals surface area contributed by atoms with Gasteiger partial charge in [0.05, 0.1) is 0 Å². The number of allylic oxidation sites excluding steroid dienone is 1. The van der Waals surface area contributed by atoms with Gasteiger partial charge in [-0.1, -0.05) is 0 Å². The number of carboxylic acids is 1. The lowest BCUT2D eigenvalue weighted by atomic mass is 10.1. The molecule has 0 aliphatic heterocycles. The van der Waals surface area contributed by atoms with E-state index in [0.29, 0.717) is 0 Å². The third kappa shape index (κ3) is 2.26. The number of hydrogen-bond acceptors (Lipinski definition) is 2. The summed E-state index contributed by atoms with van der Waals surface area (Å²) in [5, 5.41) is 8.42. The van der Waals surface area contributed by atoms with Crippen LogP contribution in [0.3, 0.4) is 0 Å². The molecule has 0 aromatic heterocycles. The molecular weight excluding hydrogens is 144 g/mol. The largest absolute Gasteiger partial charge is 0.478 e. The highest BCUT2D eigenvalue weighted by Crippen LogP contribution is 2.03. The summed E-state index contributed by atoms with van der Waals surface area (Å²) >= 11 is 0. The summed E-state index contributed by atoms with van der Waals surface area (Å²) in [6, 6.07) is 0. The van der Waals surface area contributed by atoms with E-state index in [9.17, 15) is 9.59 Å². The van der Waals surface area contributed by atoms with Gasteiger partial charge < -0.3 is 5.11 Å². The van der Waals surface area contributed by atoms with Gasteiger partial charge in [-0.2, -0.15) is 0 Å². The van der Waals surface area contributed by atoms with Crippen molar-refractivity contribution in [1.82, 2.24) is 0 Å². The predicted molar refractivity (Wildman–Crippen MR) is 39.8 cm³/mol. The lowest BCUT2D eigenvalue weighted by Crippen LogP contribution is -2.05. The van der Waals surface area contributed by atoms with Crippen LogP contribution in [0, 0.1) is 12.3 Å². The van der Waals surface area contributed by atoms with Crippen molar-refractivity contribution in [1.29, 1.82) is 0 Å². The molecule has 58 valence electrons. The van der Waals surface area contributed by atoms with Crippen molar-refractivity contribution < 1.29 is 14.7 Å². The predicted octanol–water partition coefficient (Wildman–Crippen LogP) is 0.610. The molecule has 0 heterocycles. The third-order valence-electron chi connectivity index (χ3n) is 1.35. The molecule has 0 aliphatic carbocycles. The maximum atomic E-state index is 10.7. The SMILES string of the molecule is C#CC(=O)/C(C)=C(/C)C(=O)O. The fourth-order valence-electron chi connectivity index (χ4n) is 0.439. The summed E-state index contributed by atoms with van der Waals surface area (Å²) in [4.78, 5) is 21.0. The van der Waals surface area contributed by atoms with Gasteiger partial charge in [0, 0.05) is 11.1 Å². The minimum Gasteiger partial charge on any atom is -0.478 e. The fourth-order valence-corrected chi connectivity index (χ4v) is 0.439. The summed E-state index contributed by atoms with van der Waals surface area (Å²) < 4.78 is 0. The molecule has 3 heteroatoms. The smallest absolute Gasteiger partial charge is 0.331 e. The van der Waals surface area contributed by atoms with Gasteiger partial charge in [-0.05, 0) is 19.8 Å². The van der Waals surface area contributed by atoms with Gasteiger partial charge in [0.25, 0.3) is 0 Å². The first-order valence-electron chi connectivity index (χ1n) is 2.92. The number of carbonyl (C=O) groups is 2. The molecule has 0 unspecified atom stereocenters. The van der Waals surface area contributed by atoms with Crippen LogP contribution in [-0.4, -0.2) is 16.9 Å². The van der Waals surface area contributed by atoms with E-state index in [1.54, 1.807) is 0 Å². The van der Waals surface area contributed by atoms with Gasteiger partial charge >= 0.3 is 5.97 Å². The Morgan fingerprint density at radius 3 is 2.00 bits per heavy atom. The van der Waals surface area contributed by atoms with Crippen LogP contribution in [0.5, 0.6) is 0 Å². The Morgan fingerprint density at radius 2 is 1.73 bits per heavy atom. The Bertz CT molecular complexity index is 266. The lowest BCUT2D eigenvalue weighted by Gasteiger charge is -1.96. The molecule has 0 aromatic rings. The molecule has 11 heavy (non-hydrogen) atoms. The van der Waals surface area contributed by atoms with Crippen molar-refractivity contribution in [3.63, 3.8) is 0 Å². The highest BCUT2D eigenvalue weighted by atomic mass is 16.4. The fraction of sp³-hybridized carbons (Fsp3) is 0.250. The average molecular weight is 152 g/mol. The van der Waals surface area contributed by atoms with Crippen LogP contribution in [0.15, 0.2) is 11.1 Å². The van der Waals surface area contributed by atoms with Gasteiger partial charge in [-0.3, -0.25) is 4.79 Å². The minimum atomic E-state index is -1.12. The quantitative estimate of drug-likeness (QED) is 0.358. The number of hydrogen-bond donors (Lipinski definition) is 1. The molecule has 0 atom stereocenters. The van der Waals surface area contributed by atoms with E-state index in [-0.39, 0.29) is 11.1 Å². The summed E-state index contributed by atoms with van der Waals surface area (Å²) in [7, 11) is 0. The maximum Gasteiger partial charge on any atom is 0.331 e. The van der Waals surface area contributed by atoms with Gasteiger partial charge in [0.15, 0.2) is 0 Å². The molecule has 0 saturated carbocycles. The van der Waals surface area contributed by atoms with Crippen LogP contribution in [0.4, 0.5) is 0 Å². The van der Waals surface area contributed by atoms with Crippen molar-refractivity contribution in [3.8, 4) is 12.3 Å². The van der Waals surface area contributed by atoms with Crippen LogP contribution in [-0.2, 0) is 9.59 Å². The Hall–Kier alpha value is -1.56. The summed E-state index contributed by atoms with van der Waals surface area (Å²) in [6.45, 7) is 2.73. The Morgan fingerprint density at radius 1 is 1.27 bits per heavy atom. The molecule has 0 amide bonds. The van der Waals surface area contributed by atoms with Crippen LogP contribution in [0.25, 0.3) is 0 Å². The standard InChI is InChI=1S/C8H8O3/c1-4-7(9)5(2)6(3)8(10)11/h1H,2-3H3,(H,10,11)/b6-5-. The number of carboxylic acid groups (broad SMARTS) is 1. The summed E-state index contributed by atoms with van der Waals surface area (Å²) in [5.41, 5.74) is 0.105. The highest BCUT2D eigenvalue weighted by molar-refractivity contribution is 6.11. The van der Waals surface area contributed by atoms with Crippen molar-refractivity contribution in [2.75, 3.05) is 0 Å². The molecule has 0 fully saturated rings. The maximum absolute atomic E-state index is 10.7. The van der Waals surface area contributed by atoms with Crippen molar-refractivity contribution in [3.05, 3.63) is 11.1 Å². The first kappa shape index (κ1) is 9.44. The molecule has 1 N–H and O–H groups in total. The molecule has 0 aromatic carbocycles. The molecule has 0 radical (unpaired) electrons. The number of Topliss-reactive ketones (excluding diaryl/α,β-unsaturated/α-hetero) is 1. The van der Waals surface area contributed by atoms with Gasteiger partial charge in [0.2, 0.25) is 5.78 Å². The Balaban J connectivity index is 4.85. The molecule has 0 bridgehead atoms. The normalized spacial score (nSPS) is 11.4. The van der Waals surface area contributed by atoms with Crippen LogP contribution < -0.4 is 0 Å². The number of terminal acetylenes is 1. The van der Waals surface area contributed by atoms with Crippen LogP contribution in [0.1, 0.15) is 13.8 Å². The monoisotopic (exact) mass is 152 g/mol. The van der Waals surface area contributed by atoms with E-state index in [2.05, 4.69) is 0 Å². The molecule has 3 nitrogen and oxygen atoms in total.